The third kappa shape index (κ3) is 10.8. The molecule has 71 heavy (non-hydrogen) atoms. The number of nitrogens with zero attached hydrogens (tertiary/aromatic N) is 4. The molecule has 8 rings (SSSR count). The van der Waals surface area contributed by atoms with E-state index in [1.807, 2.05) is 6.07 Å². The van der Waals surface area contributed by atoms with Gasteiger partial charge in [0.1, 0.15) is 28.3 Å². The first-order chi connectivity index (χ1) is 33.8. The standard InChI is InChI=1S/C29H24FN3O3.C27H21ClFN3O3/c1-5-23-21(18-7-6-8-19(13-18)24(34)15-29(2,3)16-31)14-22-25(27(35)32-4)26(36-28(22)33-23)17-9-11-20(30)12-10-17;1-27(2,14-30)13-21(33)17-6-4-5-16(11-17)19-12-20-22(25(34)31-3)23(35-26(20)32-24(19)28)15-7-9-18(29)10-8-15/h5-14H,1,15H2,2-4H3,(H,32,35);4-12H,13H2,1-3H3,(H,31,34). The molecule has 2 amide bonds. The van der Waals surface area contributed by atoms with Crippen LogP contribution in [0.2, 0.25) is 5.15 Å². The molecule has 0 aliphatic heterocycles. The van der Waals surface area contributed by atoms with Gasteiger partial charge < -0.3 is 19.5 Å². The largest absolute Gasteiger partial charge is 0.437 e. The highest BCUT2D eigenvalue weighted by Crippen LogP contribution is 2.40. The Hall–Kier alpha value is -8.59. The highest BCUT2D eigenvalue weighted by molar-refractivity contribution is 6.33. The first-order valence-corrected chi connectivity index (χ1v) is 22.5. The van der Waals surface area contributed by atoms with E-state index in [0.29, 0.717) is 61.0 Å². The Morgan fingerprint density at radius 3 is 1.45 bits per heavy atom. The van der Waals surface area contributed by atoms with E-state index >= 15 is 0 Å². The number of ketones is 2. The molecular formula is C56H45ClF2N6O6. The zero-order chi connectivity index (χ0) is 51.4. The lowest BCUT2D eigenvalue weighted by molar-refractivity contribution is 0.0943. The molecule has 0 saturated heterocycles. The number of hydrogen-bond donors (Lipinski definition) is 2. The normalized spacial score (nSPS) is 11.3. The zero-order valence-electron chi connectivity index (χ0n) is 39.5. The van der Waals surface area contributed by atoms with Crippen molar-refractivity contribution in [3.05, 3.63) is 161 Å². The lowest BCUT2D eigenvalue weighted by Gasteiger charge is -2.14. The molecule has 0 radical (unpaired) electrons. The molecule has 0 bridgehead atoms. The number of Topliss-reactive ketones (excluding diaryl/α,β-unsaturated/α-hetero) is 2. The van der Waals surface area contributed by atoms with Gasteiger partial charge in [0.25, 0.3) is 11.8 Å². The van der Waals surface area contributed by atoms with Crippen LogP contribution in [0.25, 0.3) is 73.2 Å². The molecule has 356 valence electrons. The Labute approximate surface area is 412 Å². The summed E-state index contributed by atoms with van der Waals surface area (Å²) in [5.74, 6) is -1.41. The molecule has 4 heterocycles. The first-order valence-electron chi connectivity index (χ1n) is 22.1. The molecule has 0 unspecified atom stereocenters. The van der Waals surface area contributed by atoms with Gasteiger partial charge in [-0.1, -0.05) is 54.6 Å². The fourth-order valence-electron chi connectivity index (χ4n) is 7.74. The lowest BCUT2D eigenvalue weighted by atomic mass is 9.86. The summed E-state index contributed by atoms with van der Waals surface area (Å²) < 4.78 is 38.8. The van der Waals surface area contributed by atoms with E-state index in [9.17, 15) is 38.5 Å². The summed E-state index contributed by atoms with van der Waals surface area (Å²) in [6.45, 7) is 10.7. The van der Waals surface area contributed by atoms with E-state index in [-0.39, 0.29) is 69.5 Å². The Kier molecular flexibility index (Phi) is 14.6. The number of rotatable bonds is 13. The number of carbonyl (C=O) groups excluding carboxylic acids is 4. The van der Waals surface area contributed by atoms with Gasteiger partial charge in [-0.15, -0.1) is 0 Å². The quantitative estimate of drug-likeness (QED) is 0.0830. The van der Waals surface area contributed by atoms with Crippen LogP contribution in [-0.2, 0) is 0 Å². The minimum atomic E-state index is -0.791. The molecule has 0 aliphatic carbocycles. The second kappa shape index (κ2) is 20.6. The number of amides is 2. The fraction of sp³-hybridized carbons (Fsp3) is 0.179. The highest BCUT2D eigenvalue weighted by atomic mass is 35.5. The van der Waals surface area contributed by atoms with Gasteiger partial charge in [0.2, 0.25) is 11.4 Å². The number of benzene rings is 4. The number of fused-ring (bicyclic) bond motifs is 2. The van der Waals surface area contributed by atoms with Crippen LogP contribution in [0, 0.1) is 45.1 Å². The molecule has 0 saturated carbocycles. The number of aromatic nitrogens is 2. The van der Waals surface area contributed by atoms with Crippen LogP contribution < -0.4 is 10.6 Å². The SMILES string of the molecule is C=Cc1nc2oc(-c3ccc(F)cc3)c(C(=O)NC)c2cc1-c1cccc(C(=O)CC(C)(C)C#N)c1.CNC(=O)c1c(-c2ccc(F)cc2)oc2nc(Cl)c(-c3cccc(C(=O)CC(C)(C)C#N)c3)cc12. The minimum absolute atomic E-state index is 0.0710. The van der Waals surface area contributed by atoms with Gasteiger partial charge in [-0.3, -0.25) is 19.2 Å². The zero-order valence-corrected chi connectivity index (χ0v) is 40.2. The number of hydrogen-bond acceptors (Lipinski definition) is 10. The van der Waals surface area contributed by atoms with E-state index in [2.05, 4.69) is 39.3 Å². The van der Waals surface area contributed by atoms with Crippen LogP contribution in [0.15, 0.2) is 125 Å². The molecule has 2 N–H and O–H groups in total. The predicted molar refractivity (Wildman–Crippen MR) is 268 cm³/mol. The number of halogens is 3. The summed E-state index contributed by atoms with van der Waals surface area (Å²) >= 11 is 6.49. The molecule has 8 aromatic rings. The number of nitrogens with one attached hydrogen (secondary N) is 2. The molecule has 12 nitrogen and oxygen atoms in total. The maximum Gasteiger partial charge on any atom is 0.255 e. The number of furan rings is 2. The third-order valence-electron chi connectivity index (χ3n) is 11.5. The molecule has 4 aromatic heterocycles. The average molecular weight is 971 g/mol. The van der Waals surface area contributed by atoms with E-state index < -0.39 is 28.4 Å². The van der Waals surface area contributed by atoms with Crippen molar-refractivity contribution in [2.45, 2.75) is 40.5 Å². The number of nitriles is 2. The van der Waals surface area contributed by atoms with Crippen molar-refractivity contribution in [3.63, 3.8) is 0 Å². The molecule has 15 heteroatoms. The van der Waals surface area contributed by atoms with Gasteiger partial charge in [0, 0.05) is 60.3 Å². The van der Waals surface area contributed by atoms with Crippen molar-refractivity contribution < 1.29 is 36.8 Å². The maximum atomic E-state index is 13.5. The number of pyridine rings is 2. The number of carbonyl (C=O) groups is 4. The second-order valence-electron chi connectivity index (χ2n) is 17.8. The van der Waals surface area contributed by atoms with Gasteiger partial charge in [0.05, 0.1) is 50.6 Å². The van der Waals surface area contributed by atoms with Crippen molar-refractivity contribution >= 4 is 63.3 Å². The maximum absolute atomic E-state index is 13.5. The van der Waals surface area contributed by atoms with Crippen molar-refractivity contribution in [1.29, 1.82) is 10.5 Å². The predicted octanol–water partition coefficient (Wildman–Crippen LogP) is 12.9. The fourth-order valence-corrected chi connectivity index (χ4v) is 7.98. The van der Waals surface area contributed by atoms with Crippen molar-refractivity contribution in [2.75, 3.05) is 14.1 Å². The summed E-state index contributed by atoms with van der Waals surface area (Å²) in [6.07, 6.45) is 1.73. The molecule has 0 aliphatic rings. The van der Waals surface area contributed by atoms with Crippen molar-refractivity contribution in [3.8, 4) is 57.0 Å². The van der Waals surface area contributed by atoms with Gasteiger partial charge in [-0.05, 0) is 118 Å². The molecule has 0 spiro atoms. The first kappa shape index (κ1) is 50.3. The molecular weight excluding hydrogens is 926 g/mol. The second-order valence-corrected chi connectivity index (χ2v) is 18.2. The van der Waals surface area contributed by atoms with Crippen LogP contribution in [0.4, 0.5) is 8.78 Å². The lowest BCUT2D eigenvalue weighted by Crippen LogP contribution is -2.18. The van der Waals surface area contributed by atoms with E-state index in [0.717, 1.165) is 0 Å². The Morgan fingerprint density at radius 1 is 0.634 bits per heavy atom. The Balaban J connectivity index is 0.000000209. The Bertz CT molecular complexity index is 3510. The van der Waals surface area contributed by atoms with Crippen LogP contribution >= 0.6 is 11.6 Å². The molecule has 0 fully saturated rings. The molecule has 0 atom stereocenters. The molecule has 4 aromatic carbocycles. The van der Waals surface area contributed by atoms with Crippen LogP contribution in [0.1, 0.15) is 87.7 Å². The summed E-state index contributed by atoms with van der Waals surface area (Å²) in [5, 5.41) is 24.8. The minimum Gasteiger partial charge on any atom is -0.437 e. The summed E-state index contributed by atoms with van der Waals surface area (Å²) in [5.41, 5.74) is 4.26. The summed E-state index contributed by atoms with van der Waals surface area (Å²) in [7, 11) is 3.01. The van der Waals surface area contributed by atoms with E-state index in [1.165, 1.54) is 62.6 Å². The average Bonchev–Trinajstić information content (AvgIpc) is 3.93. The van der Waals surface area contributed by atoms with Gasteiger partial charge in [-0.2, -0.15) is 10.5 Å². The van der Waals surface area contributed by atoms with Crippen LogP contribution in [0.5, 0.6) is 0 Å². The third-order valence-corrected chi connectivity index (χ3v) is 11.8. The van der Waals surface area contributed by atoms with E-state index in [1.54, 1.807) is 88.4 Å². The van der Waals surface area contributed by atoms with Crippen LogP contribution in [-0.4, -0.2) is 47.4 Å². The van der Waals surface area contributed by atoms with Gasteiger partial charge in [-0.25, -0.2) is 18.7 Å². The topological polar surface area (TPSA) is 192 Å². The monoisotopic (exact) mass is 970 g/mol. The van der Waals surface area contributed by atoms with E-state index in [4.69, 9.17) is 20.4 Å². The van der Waals surface area contributed by atoms with Gasteiger partial charge in [0.15, 0.2) is 11.6 Å². The summed E-state index contributed by atoms with van der Waals surface area (Å²) in [4.78, 5) is 60.3. The highest BCUT2D eigenvalue weighted by Gasteiger charge is 2.28. The van der Waals surface area contributed by atoms with Crippen molar-refractivity contribution in [2.24, 2.45) is 10.8 Å². The van der Waals surface area contributed by atoms with Crippen molar-refractivity contribution in [1.82, 2.24) is 20.6 Å². The van der Waals surface area contributed by atoms with Gasteiger partial charge >= 0.3 is 0 Å². The van der Waals surface area contributed by atoms with Crippen LogP contribution in [0.3, 0.4) is 0 Å². The smallest absolute Gasteiger partial charge is 0.255 e. The summed E-state index contributed by atoms with van der Waals surface area (Å²) in [6, 6.07) is 32.9. The Morgan fingerprint density at radius 2 is 1.04 bits per heavy atom.